The quantitative estimate of drug-likeness (QED) is 0.843. The smallest absolute Gasteiger partial charge is 0.306 e. The molecule has 2 N–H and O–H groups in total. The second kappa shape index (κ2) is 7.66. The number of carbonyl (C=O) groups is 3. The van der Waals surface area contributed by atoms with Crippen LogP contribution in [-0.2, 0) is 14.4 Å². The van der Waals surface area contributed by atoms with Crippen molar-refractivity contribution in [3.63, 3.8) is 0 Å². The molecular weight excluding hydrogens is 356 g/mol. The van der Waals surface area contributed by atoms with Gasteiger partial charge in [-0.3, -0.25) is 14.4 Å². The molecule has 1 aliphatic heterocycles. The first-order valence-corrected chi connectivity index (χ1v) is 9.29. The van der Waals surface area contributed by atoms with E-state index in [0.29, 0.717) is 30.7 Å². The lowest BCUT2D eigenvalue weighted by Crippen LogP contribution is -2.42. The lowest BCUT2D eigenvalue weighted by Gasteiger charge is -2.30. The highest BCUT2D eigenvalue weighted by Gasteiger charge is 2.43. The van der Waals surface area contributed by atoms with Gasteiger partial charge >= 0.3 is 5.97 Å². The average molecular weight is 379 g/mol. The van der Waals surface area contributed by atoms with E-state index < -0.39 is 11.9 Å². The van der Waals surface area contributed by atoms with Crippen LogP contribution in [0.3, 0.4) is 0 Å². The van der Waals surface area contributed by atoms with Gasteiger partial charge in [0.15, 0.2) is 0 Å². The summed E-state index contributed by atoms with van der Waals surface area (Å²) in [5.74, 6) is -1.76. The SMILES string of the molecule is CN1C(=O)C[C@@H](C(=O)NC2CCC(C(=O)O)CC2)[C@H]1c1cccc(Cl)c1. The Hall–Kier alpha value is -2.08. The predicted octanol–water partition coefficient (Wildman–Crippen LogP) is 2.62. The minimum absolute atomic E-state index is 0.0286. The molecule has 0 unspecified atom stereocenters. The van der Waals surface area contributed by atoms with Crippen molar-refractivity contribution in [2.75, 3.05) is 7.05 Å². The van der Waals surface area contributed by atoms with Crippen LogP contribution in [0.25, 0.3) is 0 Å². The Morgan fingerprint density at radius 3 is 2.54 bits per heavy atom. The number of aliphatic carboxylic acids is 1. The summed E-state index contributed by atoms with van der Waals surface area (Å²) in [6, 6.07) is 6.88. The Morgan fingerprint density at radius 1 is 1.23 bits per heavy atom. The van der Waals surface area contributed by atoms with Gasteiger partial charge in [-0.2, -0.15) is 0 Å². The lowest BCUT2D eigenvalue weighted by atomic mass is 9.85. The zero-order chi connectivity index (χ0) is 18.8. The van der Waals surface area contributed by atoms with E-state index in [1.54, 1.807) is 24.1 Å². The summed E-state index contributed by atoms with van der Waals surface area (Å²) in [5.41, 5.74) is 0.848. The molecule has 2 aliphatic rings. The van der Waals surface area contributed by atoms with E-state index in [1.807, 2.05) is 12.1 Å². The highest BCUT2D eigenvalue weighted by Crippen LogP contribution is 2.38. The fraction of sp³-hybridized carbons (Fsp3) is 0.526. The molecule has 1 aliphatic carbocycles. The van der Waals surface area contributed by atoms with Gasteiger partial charge in [-0.05, 0) is 43.4 Å². The number of carbonyl (C=O) groups excluding carboxylic acids is 2. The average Bonchev–Trinajstić information content (AvgIpc) is 2.90. The van der Waals surface area contributed by atoms with Gasteiger partial charge in [-0.25, -0.2) is 0 Å². The first-order valence-electron chi connectivity index (χ1n) is 8.91. The van der Waals surface area contributed by atoms with Crippen LogP contribution in [0.4, 0.5) is 0 Å². The number of carboxylic acids is 1. The Labute approximate surface area is 157 Å². The van der Waals surface area contributed by atoms with Gasteiger partial charge in [0.25, 0.3) is 0 Å². The van der Waals surface area contributed by atoms with Gasteiger partial charge in [0, 0.05) is 24.5 Å². The topological polar surface area (TPSA) is 86.7 Å². The second-order valence-electron chi connectivity index (χ2n) is 7.21. The molecule has 3 rings (SSSR count). The third-order valence-corrected chi connectivity index (χ3v) is 5.77. The zero-order valence-corrected chi connectivity index (χ0v) is 15.4. The van der Waals surface area contributed by atoms with Crippen molar-refractivity contribution >= 4 is 29.4 Å². The zero-order valence-electron chi connectivity index (χ0n) is 14.7. The number of likely N-dealkylation sites (tertiary alicyclic amines) is 1. The van der Waals surface area contributed by atoms with Crippen LogP contribution < -0.4 is 5.32 Å². The van der Waals surface area contributed by atoms with Crippen molar-refractivity contribution in [3.8, 4) is 0 Å². The van der Waals surface area contributed by atoms with Gasteiger partial charge in [0.2, 0.25) is 11.8 Å². The van der Waals surface area contributed by atoms with E-state index in [0.717, 1.165) is 5.56 Å². The van der Waals surface area contributed by atoms with Crippen LogP contribution in [0, 0.1) is 11.8 Å². The molecular formula is C19H23ClN2O4. The number of nitrogens with one attached hydrogen (secondary N) is 1. The summed E-state index contributed by atoms with van der Waals surface area (Å²) in [5, 5.41) is 12.7. The minimum atomic E-state index is -0.765. The number of nitrogens with zero attached hydrogens (tertiary/aromatic N) is 1. The predicted molar refractivity (Wildman–Crippen MR) is 96.6 cm³/mol. The monoisotopic (exact) mass is 378 g/mol. The molecule has 1 aromatic rings. The van der Waals surface area contributed by atoms with E-state index >= 15 is 0 Å². The van der Waals surface area contributed by atoms with E-state index in [9.17, 15) is 14.4 Å². The van der Waals surface area contributed by atoms with Crippen LogP contribution >= 0.6 is 11.6 Å². The van der Waals surface area contributed by atoms with Gasteiger partial charge in [0.1, 0.15) is 0 Å². The normalized spacial score (nSPS) is 28.8. The second-order valence-corrected chi connectivity index (χ2v) is 7.65. The van der Waals surface area contributed by atoms with Gasteiger partial charge in [-0.1, -0.05) is 23.7 Å². The first kappa shape index (κ1) is 18.7. The Morgan fingerprint density at radius 2 is 1.92 bits per heavy atom. The lowest BCUT2D eigenvalue weighted by molar-refractivity contribution is -0.143. The molecule has 1 heterocycles. The highest BCUT2D eigenvalue weighted by molar-refractivity contribution is 6.30. The summed E-state index contributed by atoms with van der Waals surface area (Å²) in [4.78, 5) is 37.7. The van der Waals surface area contributed by atoms with Crippen molar-refractivity contribution in [2.24, 2.45) is 11.8 Å². The maximum Gasteiger partial charge on any atom is 0.306 e. The van der Waals surface area contributed by atoms with E-state index in [1.165, 1.54) is 0 Å². The van der Waals surface area contributed by atoms with E-state index in [-0.39, 0.29) is 36.2 Å². The molecule has 2 amide bonds. The fourth-order valence-electron chi connectivity index (χ4n) is 4.04. The summed E-state index contributed by atoms with van der Waals surface area (Å²) < 4.78 is 0. The molecule has 140 valence electrons. The molecule has 0 bridgehead atoms. The largest absolute Gasteiger partial charge is 0.481 e. The number of benzene rings is 1. The molecule has 0 radical (unpaired) electrons. The number of carboxylic acid groups (broad SMARTS) is 1. The van der Waals surface area contributed by atoms with Crippen LogP contribution in [0.15, 0.2) is 24.3 Å². The number of hydrogen-bond acceptors (Lipinski definition) is 3. The summed E-state index contributed by atoms with van der Waals surface area (Å²) in [6.07, 6.45) is 2.62. The molecule has 1 saturated carbocycles. The Bertz CT molecular complexity index is 715. The maximum absolute atomic E-state index is 12.8. The summed E-state index contributed by atoms with van der Waals surface area (Å²) in [6.45, 7) is 0. The molecule has 0 spiro atoms. The standard InChI is InChI=1S/C19H23ClN2O4/c1-22-16(23)10-15(17(22)12-3-2-4-13(20)9-12)18(24)21-14-7-5-11(6-8-14)19(25)26/h2-4,9,11,14-15,17H,5-8,10H2,1H3,(H,21,24)(H,25,26)/t11?,14?,15-,17-/m1/s1. The van der Waals surface area contributed by atoms with Gasteiger partial charge in [0.05, 0.1) is 17.9 Å². The fourth-order valence-corrected chi connectivity index (χ4v) is 4.24. The Balaban J connectivity index is 1.69. The van der Waals surface area contributed by atoms with Crippen LogP contribution in [0.2, 0.25) is 5.02 Å². The van der Waals surface area contributed by atoms with Gasteiger partial charge < -0.3 is 15.3 Å². The van der Waals surface area contributed by atoms with Crippen molar-refractivity contribution in [2.45, 2.75) is 44.2 Å². The molecule has 26 heavy (non-hydrogen) atoms. The third kappa shape index (κ3) is 3.85. The van der Waals surface area contributed by atoms with Crippen LogP contribution in [0.1, 0.15) is 43.7 Å². The number of amides is 2. The van der Waals surface area contributed by atoms with Crippen molar-refractivity contribution < 1.29 is 19.5 Å². The number of rotatable bonds is 4. The van der Waals surface area contributed by atoms with Crippen molar-refractivity contribution in [1.29, 1.82) is 0 Å². The number of hydrogen-bond donors (Lipinski definition) is 2. The van der Waals surface area contributed by atoms with Gasteiger partial charge in [-0.15, -0.1) is 0 Å². The third-order valence-electron chi connectivity index (χ3n) is 5.54. The van der Waals surface area contributed by atoms with Crippen LogP contribution in [0.5, 0.6) is 0 Å². The molecule has 1 aromatic carbocycles. The highest BCUT2D eigenvalue weighted by atomic mass is 35.5. The summed E-state index contributed by atoms with van der Waals surface area (Å²) in [7, 11) is 1.71. The maximum atomic E-state index is 12.8. The Kier molecular flexibility index (Phi) is 5.51. The van der Waals surface area contributed by atoms with E-state index in [2.05, 4.69) is 5.32 Å². The van der Waals surface area contributed by atoms with Crippen molar-refractivity contribution in [3.05, 3.63) is 34.9 Å². The van der Waals surface area contributed by atoms with E-state index in [4.69, 9.17) is 16.7 Å². The molecule has 0 aromatic heterocycles. The molecule has 6 nitrogen and oxygen atoms in total. The first-order chi connectivity index (χ1) is 12.4. The summed E-state index contributed by atoms with van der Waals surface area (Å²) >= 11 is 6.08. The van der Waals surface area contributed by atoms with Crippen LogP contribution in [-0.4, -0.2) is 40.9 Å². The molecule has 1 saturated heterocycles. The number of halogens is 1. The molecule has 2 atom stereocenters. The van der Waals surface area contributed by atoms with Crippen molar-refractivity contribution in [1.82, 2.24) is 10.2 Å². The molecule has 7 heteroatoms. The minimum Gasteiger partial charge on any atom is -0.481 e. The molecule has 2 fully saturated rings.